The van der Waals surface area contributed by atoms with Gasteiger partial charge in [0.1, 0.15) is 0 Å². The molecule has 2 rings (SSSR count). The van der Waals surface area contributed by atoms with Gasteiger partial charge in [-0.2, -0.15) is 0 Å². The van der Waals surface area contributed by atoms with Crippen LogP contribution in [0.4, 0.5) is 0 Å². The van der Waals surface area contributed by atoms with Crippen molar-refractivity contribution in [2.75, 3.05) is 27.3 Å². The molecule has 0 saturated carbocycles. The molecule has 6 heteroatoms. The fraction of sp³-hybridized carbons (Fsp3) is 0.500. The first-order chi connectivity index (χ1) is 10.6. The average Bonchev–Trinajstić information content (AvgIpc) is 3.02. The van der Waals surface area contributed by atoms with E-state index in [1.165, 1.54) is 0 Å². The third-order valence-electron chi connectivity index (χ3n) is 4.04. The van der Waals surface area contributed by atoms with Crippen molar-refractivity contribution in [3.05, 3.63) is 23.8 Å². The second-order valence-electron chi connectivity index (χ2n) is 5.38. The minimum absolute atomic E-state index is 0.0358. The zero-order valence-corrected chi connectivity index (χ0v) is 13.0. The number of carbonyl (C=O) groups is 2. The van der Waals surface area contributed by atoms with Gasteiger partial charge in [-0.3, -0.25) is 9.59 Å². The van der Waals surface area contributed by atoms with Crippen LogP contribution < -0.4 is 15.2 Å². The molecule has 0 aromatic heterocycles. The summed E-state index contributed by atoms with van der Waals surface area (Å²) in [6, 6.07) is 5.62. The fourth-order valence-corrected chi connectivity index (χ4v) is 2.77. The summed E-state index contributed by atoms with van der Waals surface area (Å²) in [5.74, 6) is 0.811. The van der Waals surface area contributed by atoms with Gasteiger partial charge in [0.05, 0.1) is 20.1 Å². The van der Waals surface area contributed by atoms with Crippen molar-refractivity contribution in [2.45, 2.75) is 19.3 Å². The van der Waals surface area contributed by atoms with Crippen molar-refractivity contribution in [3.8, 4) is 11.5 Å². The zero-order valence-electron chi connectivity index (χ0n) is 13.0. The number of nitrogens with two attached hydrogens (primary N) is 1. The number of para-hydroxylation sites is 1. The molecular weight excluding hydrogens is 284 g/mol. The smallest absolute Gasteiger partial charge is 0.222 e. The molecule has 1 aromatic rings. The number of aryl methyl sites for hydroxylation is 1. The fourth-order valence-electron chi connectivity index (χ4n) is 2.77. The highest BCUT2D eigenvalue weighted by atomic mass is 16.5. The largest absolute Gasteiger partial charge is 0.493 e. The number of methoxy groups -OCH3 is 2. The summed E-state index contributed by atoms with van der Waals surface area (Å²) in [5.41, 5.74) is 6.22. The van der Waals surface area contributed by atoms with Gasteiger partial charge in [0.25, 0.3) is 0 Å². The molecular formula is C16H22N2O4. The Balaban J connectivity index is 1.96. The monoisotopic (exact) mass is 306 g/mol. The Morgan fingerprint density at radius 3 is 2.68 bits per heavy atom. The van der Waals surface area contributed by atoms with E-state index in [1.54, 1.807) is 19.1 Å². The lowest BCUT2D eigenvalue weighted by atomic mass is 10.1. The second kappa shape index (κ2) is 7.15. The van der Waals surface area contributed by atoms with Crippen molar-refractivity contribution in [1.29, 1.82) is 0 Å². The molecule has 6 nitrogen and oxygen atoms in total. The molecule has 2 amide bonds. The van der Waals surface area contributed by atoms with E-state index in [-0.39, 0.29) is 17.7 Å². The normalized spacial score (nSPS) is 17.4. The standard InChI is InChI=1S/C16H22N2O4/c1-21-13-5-3-4-11(15(13)22-2)6-7-14(19)18-9-8-12(10-18)16(17)20/h3-5,12H,6-10H2,1-2H3,(H2,17,20)/t12-/m1/s1. The van der Waals surface area contributed by atoms with Crippen LogP contribution in [0.1, 0.15) is 18.4 Å². The lowest BCUT2D eigenvalue weighted by Gasteiger charge is -2.17. The first-order valence-electron chi connectivity index (χ1n) is 7.33. The van der Waals surface area contributed by atoms with Crippen LogP contribution in [0.5, 0.6) is 11.5 Å². The Hall–Kier alpha value is -2.24. The highest BCUT2D eigenvalue weighted by molar-refractivity contribution is 5.81. The van der Waals surface area contributed by atoms with Gasteiger partial charge in [-0.1, -0.05) is 12.1 Å². The van der Waals surface area contributed by atoms with Gasteiger partial charge < -0.3 is 20.1 Å². The summed E-state index contributed by atoms with van der Waals surface area (Å²) in [5, 5.41) is 0. The quantitative estimate of drug-likeness (QED) is 0.849. The molecule has 1 aliphatic heterocycles. The molecule has 1 atom stereocenters. The van der Waals surface area contributed by atoms with Gasteiger partial charge >= 0.3 is 0 Å². The van der Waals surface area contributed by atoms with Gasteiger partial charge in [0.15, 0.2) is 11.5 Å². The van der Waals surface area contributed by atoms with E-state index in [9.17, 15) is 9.59 Å². The molecule has 1 fully saturated rings. The Kier molecular flexibility index (Phi) is 5.25. The van der Waals surface area contributed by atoms with E-state index in [0.717, 1.165) is 5.56 Å². The van der Waals surface area contributed by atoms with Crippen LogP contribution in [0, 0.1) is 5.92 Å². The van der Waals surface area contributed by atoms with Crippen molar-refractivity contribution in [1.82, 2.24) is 4.90 Å². The van der Waals surface area contributed by atoms with Crippen LogP contribution >= 0.6 is 0 Å². The van der Waals surface area contributed by atoms with Crippen LogP contribution in [-0.4, -0.2) is 44.0 Å². The maximum Gasteiger partial charge on any atom is 0.222 e. The SMILES string of the molecule is COc1cccc(CCC(=O)N2CC[C@@H](C(N)=O)C2)c1OC. The van der Waals surface area contributed by atoms with Crippen molar-refractivity contribution >= 4 is 11.8 Å². The van der Waals surface area contributed by atoms with Crippen LogP contribution in [0.15, 0.2) is 18.2 Å². The number of amides is 2. The predicted molar refractivity (Wildman–Crippen MR) is 81.7 cm³/mol. The lowest BCUT2D eigenvalue weighted by Crippen LogP contribution is -2.31. The third-order valence-corrected chi connectivity index (χ3v) is 4.04. The summed E-state index contributed by atoms with van der Waals surface area (Å²) in [7, 11) is 3.17. The minimum Gasteiger partial charge on any atom is -0.493 e. The summed E-state index contributed by atoms with van der Waals surface area (Å²) in [6.07, 6.45) is 1.59. The van der Waals surface area contributed by atoms with Crippen LogP contribution in [0.25, 0.3) is 0 Å². The van der Waals surface area contributed by atoms with E-state index in [0.29, 0.717) is 43.9 Å². The van der Waals surface area contributed by atoms with Gasteiger partial charge in [0, 0.05) is 19.5 Å². The Morgan fingerprint density at radius 1 is 1.32 bits per heavy atom. The molecule has 1 heterocycles. The molecule has 1 aliphatic rings. The number of likely N-dealkylation sites (tertiary alicyclic amines) is 1. The maximum absolute atomic E-state index is 12.2. The number of carbonyl (C=O) groups excluding carboxylic acids is 2. The number of benzene rings is 1. The summed E-state index contributed by atoms with van der Waals surface area (Å²) >= 11 is 0. The third kappa shape index (κ3) is 3.50. The Morgan fingerprint density at radius 2 is 2.09 bits per heavy atom. The van der Waals surface area contributed by atoms with Gasteiger partial charge in [-0.05, 0) is 24.5 Å². The average molecular weight is 306 g/mol. The predicted octanol–water partition coefficient (Wildman–Crippen LogP) is 0.970. The lowest BCUT2D eigenvalue weighted by molar-refractivity contribution is -0.130. The van der Waals surface area contributed by atoms with Crippen LogP contribution in [-0.2, 0) is 16.0 Å². The minimum atomic E-state index is -0.329. The van der Waals surface area contributed by atoms with E-state index in [4.69, 9.17) is 15.2 Å². The van der Waals surface area contributed by atoms with Gasteiger partial charge in [0.2, 0.25) is 11.8 Å². The number of nitrogens with zero attached hydrogens (tertiary/aromatic N) is 1. The molecule has 1 aromatic carbocycles. The van der Waals surface area contributed by atoms with E-state index >= 15 is 0 Å². The molecule has 0 unspecified atom stereocenters. The molecule has 22 heavy (non-hydrogen) atoms. The molecule has 0 radical (unpaired) electrons. The molecule has 0 aliphatic carbocycles. The number of rotatable bonds is 6. The molecule has 0 bridgehead atoms. The zero-order chi connectivity index (χ0) is 16.1. The Bertz CT molecular complexity index is 559. The van der Waals surface area contributed by atoms with E-state index in [2.05, 4.69) is 0 Å². The molecule has 120 valence electrons. The second-order valence-corrected chi connectivity index (χ2v) is 5.38. The molecule has 1 saturated heterocycles. The van der Waals surface area contributed by atoms with Gasteiger partial charge in [-0.25, -0.2) is 0 Å². The molecule has 0 spiro atoms. The maximum atomic E-state index is 12.2. The topological polar surface area (TPSA) is 81.9 Å². The molecule has 2 N–H and O–H groups in total. The van der Waals surface area contributed by atoms with Crippen molar-refractivity contribution < 1.29 is 19.1 Å². The van der Waals surface area contributed by atoms with Crippen LogP contribution in [0.3, 0.4) is 0 Å². The highest BCUT2D eigenvalue weighted by Gasteiger charge is 2.29. The summed E-state index contributed by atoms with van der Waals surface area (Å²) in [6.45, 7) is 1.03. The van der Waals surface area contributed by atoms with Gasteiger partial charge in [-0.15, -0.1) is 0 Å². The number of primary amides is 1. The Labute approximate surface area is 130 Å². The van der Waals surface area contributed by atoms with Crippen molar-refractivity contribution in [2.24, 2.45) is 11.7 Å². The summed E-state index contributed by atoms with van der Waals surface area (Å²) in [4.78, 5) is 25.1. The van der Waals surface area contributed by atoms with E-state index < -0.39 is 0 Å². The number of hydrogen-bond donors (Lipinski definition) is 1. The number of ether oxygens (including phenoxy) is 2. The number of hydrogen-bond acceptors (Lipinski definition) is 4. The summed E-state index contributed by atoms with van der Waals surface area (Å²) < 4.78 is 10.6. The van der Waals surface area contributed by atoms with Crippen molar-refractivity contribution in [3.63, 3.8) is 0 Å². The first-order valence-corrected chi connectivity index (χ1v) is 7.33. The van der Waals surface area contributed by atoms with Crippen LogP contribution in [0.2, 0.25) is 0 Å². The van der Waals surface area contributed by atoms with E-state index in [1.807, 2.05) is 18.2 Å². The highest BCUT2D eigenvalue weighted by Crippen LogP contribution is 2.31. The first kappa shape index (κ1) is 16.1.